The van der Waals surface area contributed by atoms with E-state index in [1.807, 2.05) is 0 Å². The molecule has 3 heterocycles. The maximum absolute atomic E-state index is 12.5. The maximum atomic E-state index is 12.5. The van der Waals surface area contributed by atoms with Gasteiger partial charge in [0.1, 0.15) is 0 Å². The predicted molar refractivity (Wildman–Crippen MR) is 76.0 cm³/mol. The van der Waals surface area contributed by atoms with Crippen LogP contribution in [0.3, 0.4) is 0 Å². The first-order valence-electron chi connectivity index (χ1n) is 7.98. The molecular weight excluding hydrogens is 238 g/mol. The lowest BCUT2D eigenvalue weighted by atomic mass is 9.96. The minimum Gasteiger partial charge on any atom is -0.337 e. The van der Waals surface area contributed by atoms with Gasteiger partial charge in [-0.25, -0.2) is 0 Å². The first-order chi connectivity index (χ1) is 9.24. The summed E-state index contributed by atoms with van der Waals surface area (Å²) >= 11 is 0. The number of hydrogen-bond acceptors (Lipinski definition) is 3. The Labute approximate surface area is 116 Å². The van der Waals surface area contributed by atoms with Crippen LogP contribution in [0.5, 0.6) is 0 Å². The van der Waals surface area contributed by atoms with Gasteiger partial charge in [0.2, 0.25) is 5.91 Å². The van der Waals surface area contributed by atoms with Crippen LogP contribution in [-0.4, -0.2) is 60.5 Å². The van der Waals surface area contributed by atoms with Crippen molar-refractivity contribution in [2.45, 2.75) is 51.1 Å². The maximum Gasteiger partial charge on any atom is 0.223 e. The molecule has 0 aromatic carbocycles. The van der Waals surface area contributed by atoms with Crippen LogP contribution in [0.1, 0.15) is 39.0 Å². The van der Waals surface area contributed by atoms with Crippen LogP contribution in [0.2, 0.25) is 0 Å². The highest BCUT2D eigenvalue weighted by molar-refractivity contribution is 5.77. The van der Waals surface area contributed by atoms with Crippen molar-refractivity contribution in [1.29, 1.82) is 0 Å². The topological polar surface area (TPSA) is 35.6 Å². The molecule has 3 rings (SSSR count). The summed E-state index contributed by atoms with van der Waals surface area (Å²) in [6.45, 7) is 7.63. The van der Waals surface area contributed by atoms with Crippen molar-refractivity contribution in [3.8, 4) is 0 Å². The summed E-state index contributed by atoms with van der Waals surface area (Å²) in [5.74, 6) is 0.968. The van der Waals surface area contributed by atoms with Crippen molar-refractivity contribution in [2.75, 3.05) is 32.7 Å². The summed E-state index contributed by atoms with van der Waals surface area (Å²) in [4.78, 5) is 17.3. The molecule has 3 saturated heterocycles. The first kappa shape index (κ1) is 13.4. The van der Waals surface area contributed by atoms with Gasteiger partial charge in [-0.05, 0) is 51.7 Å². The SMILES string of the molecule is CC1CN2CCCCC2CN1C(=O)CC1CCNC1. The fourth-order valence-electron chi connectivity index (χ4n) is 3.95. The van der Waals surface area contributed by atoms with E-state index in [0.29, 0.717) is 23.9 Å². The van der Waals surface area contributed by atoms with E-state index in [0.717, 1.165) is 32.6 Å². The third kappa shape index (κ3) is 2.95. The smallest absolute Gasteiger partial charge is 0.223 e. The van der Waals surface area contributed by atoms with Crippen LogP contribution in [-0.2, 0) is 4.79 Å². The Morgan fingerprint density at radius 3 is 2.95 bits per heavy atom. The van der Waals surface area contributed by atoms with Gasteiger partial charge in [0.05, 0.1) is 0 Å². The number of piperazine rings is 1. The van der Waals surface area contributed by atoms with Crippen molar-refractivity contribution < 1.29 is 4.79 Å². The van der Waals surface area contributed by atoms with Gasteiger partial charge in [0.15, 0.2) is 0 Å². The summed E-state index contributed by atoms with van der Waals surface area (Å²) in [5.41, 5.74) is 0. The van der Waals surface area contributed by atoms with Crippen molar-refractivity contribution in [2.24, 2.45) is 5.92 Å². The largest absolute Gasteiger partial charge is 0.337 e. The number of hydrogen-bond donors (Lipinski definition) is 1. The van der Waals surface area contributed by atoms with Crippen molar-refractivity contribution in [3.63, 3.8) is 0 Å². The summed E-state index contributed by atoms with van der Waals surface area (Å²) in [7, 11) is 0. The Balaban J connectivity index is 1.58. The quantitative estimate of drug-likeness (QED) is 0.811. The van der Waals surface area contributed by atoms with Gasteiger partial charge >= 0.3 is 0 Å². The van der Waals surface area contributed by atoms with E-state index < -0.39 is 0 Å². The molecule has 3 aliphatic rings. The second-order valence-corrected chi connectivity index (χ2v) is 6.60. The summed E-state index contributed by atoms with van der Waals surface area (Å²) < 4.78 is 0. The van der Waals surface area contributed by atoms with E-state index in [9.17, 15) is 4.79 Å². The molecular formula is C15H27N3O. The standard InChI is InChI=1S/C15H27N3O/c1-12-10-17-7-3-2-4-14(17)11-18(12)15(19)8-13-5-6-16-9-13/h12-14,16H,2-11H2,1H3. The Kier molecular flexibility index (Phi) is 4.08. The lowest BCUT2D eigenvalue weighted by Gasteiger charge is -2.47. The lowest BCUT2D eigenvalue weighted by Crippen LogP contribution is -2.60. The third-order valence-electron chi connectivity index (χ3n) is 5.13. The first-order valence-corrected chi connectivity index (χ1v) is 7.98. The van der Waals surface area contributed by atoms with Gasteiger partial charge in [-0.1, -0.05) is 6.42 Å². The van der Waals surface area contributed by atoms with Crippen LogP contribution < -0.4 is 5.32 Å². The zero-order chi connectivity index (χ0) is 13.2. The number of amides is 1. The Hall–Kier alpha value is -0.610. The van der Waals surface area contributed by atoms with E-state index in [1.54, 1.807) is 0 Å². The summed E-state index contributed by atoms with van der Waals surface area (Å²) in [6, 6.07) is 1.03. The Bertz CT molecular complexity index is 327. The van der Waals surface area contributed by atoms with Crippen molar-refractivity contribution >= 4 is 5.91 Å². The van der Waals surface area contributed by atoms with Gasteiger partial charge in [0, 0.05) is 31.6 Å². The van der Waals surface area contributed by atoms with Crippen LogP contribution >= 0.6 is 0 Å². The molecule has 0 bridgehead atoms. The molecule has 108 valence electrons. The van der Waals surface area contributed by atoms with E-state index in [4.69, 9.17) is 0 Å². The molecule has 1 N–H and O–H groups in total. The van der Waals surface area contributed by atoms with Gasteiger partial charge < -0.3 is 10.2 Å². The average Bonchev–Trinajstić information content (AvgIpc) is 2.90. The molecule has 4 nitrogen and oxygen atoms in total. The zero-order valence-electron chi connectivity index (χ0n) is 12.1. The average molecular weight is 265 g/mol. The normalized spacial score (nSPS) is 36.3. The number of carbonyl (C=O) groups excluding carboxylic acids is 1. The molecule has 3 fully saturated rings. The Morgan fingerprint density at radius 1 is 1.26 bits per heavy atom. The molecule has 0 aliphatic carbocycles. The molecule has 0 aromatic heterocycles. The second kappa shape index (κ2) is 5.80. The van der Waals surface area contributed by atoms with E-state index in [-0.39, 0.29) is 0 Å². The van der Waals surface area contributed by atoms with Crippen LogP contribution in [0, 0.1) is 5.92 Å². The van der Waals surface area contributed by atoms with Crippen LogP contribution in [0.4, 0.5) is 0 Å². The molecule has 1 amide bonds. The number of piperidine rings is 1. The van der Waals surface area contributed by atoms with Crippen LogP contribution in [0.25, 0.3) is 0 Å². The predicted octanol–water partition coefficient (Wildman–Crippen LogP) is 1.07. The molecule has 0 spiro atoms. The number of carbonyl (C=O) groups is 1. The fourth-order valence-corrected chi connectivity index (χ4v) is 3.95. The van der Waals surface area contributed by atoms with E-state index >= 15 is 0 Å². The molecule has 0 saturated carbocycles. The van der Waals surface area contributed by atoms with Gasteiger partial charge in [-0.2, -0.15) is 0 Å². The third-order valence-corrected chi connectivity index (χ3v) is 5.13. The molecule has 0 aromatic rings. The number of fused-ring (bicyclic) bond motifs is 1. The number of nitrogens with one attached hydrogen (secondary N) is 1. The minimum atomic E-state index is 0.395. The monoisotopic (exact) mass is 265 g/mol. The fraction of sp³-hybridized carbons (Fsp3) is 0.933. The number of rotatable bonds is 2. The lowest BCUT2D eigenvalue weighted by molar-refractivity contribution is -0.139. The highest BCUT2D eigenvalue weighted by atomic mass is 16.2. The van der Waals surface area contributed by atoms with E-state index in [1.165, 1.54) is 32.2 Å². The molecule has 0 radical (unpaired) electrons. The van der Waals surface area contributed by atoms with Gasteiger partial charge in [0.25, 0.3) is 0 Å². The summed E-state index contributed by atoms with van der Waals surface area (Å²) in [6.07, 6.45) is 5.88. The molecule has 3 aliphatic heterocycles. The number of nitrogens with zero attached hydrogens (tertiary/aromatic N) is 2. The second-order valence-electron chi connectivity index (χ2n) is 6.60. The van der Waals surface area contributed by atoms with Crippen molar-refractivity contribution in [3.05, 3.63) is 0 Å². The Morgan fingerprint density at radius 2 is 2.16 bits per heavy atom. The van der Waals surface area contributed by atoms with Gasteiger partial charge in [-0.3, -0.25) is 9.69 Å². The van der Waals surface area contributed by atoms with E-state index in [2.05, 4.69) is 22.0 Å². The molecule has 3 unspecified atom stereocenters. The minimum absolute atomic E-state index is 0.395. The highest BCUT2D eigenvalue weighted by Gasteiger charge is 2.35. The summed E-state index contributed by atoms with van der Waals surface area (Å²) in [5, 5.41) is 3.36. The van der Waals surface area contributed by atoms with Crippen molar-refractivity contribution in [1.82, 2.24) is 15.1 Å². The highest BCUT2D eigenvalue weighted by Crippen LogP contribution is 2.25. The van der Waals surface area contributed by atoms with Crippen LogP contribution in [0.15, 0.2) is 0 Å². The molecule has 19 heavy (non-hydrogen) atoms. The zero-order valence-corrected chi connectivity index (χ0v) is 12.1. The molecule has 3 atom stereocenters. The van der Waals surface area contributed by atoms with Gasteiger partial charge in [-0.15, -0.1) is 0 Å². The molecule has 4 heteroatoms.